The highest BCUT2D eigenvalue weighted by Crippen LogP contribution is 2.04. The predicted molar refractivity (Wildman–Crippen MR) is 108 cm³/mol. The van der Waals surface area contributed by atoms with Crippen LogP contribution in [0.1, 0.15) is 11.1 Å². The normalized spacial score (nSPS) is 12.0. The summed E-state index contributed by atoms with van der Waals surface area (Å²) in [6.07, 6.45) is 0.344. The third kappa shape index (κ3) is 5.05. The quantitative estimate of drug-likeness (QED) is 0.567. The van der Waals surface area contributed by atoms with Gasteiger partial charge in [0.1, 0.15) is 6.04 Å². The van der Waals surface area contributed by atoms with Crippen LogP contribution >= 0.6 is 11.5 Å². The number of hydrogen-bond donors (Lipinski definition) is 2. The first-order valence-electron chi connectivity index (χ1n) is 8.89. The fourth-order valence-corrected chi connectivity index (χ4v) is 3.66. The summed E-state index contributed by atoms with van der Waals surface area (Å²) in [5.41, 5.74) is 1.41. The van der Waals surface area contributed by atoms with E-state index in [0.717, 1.165) is 22.7 Å². The molecular formula is C20H21N3O4S. The molecule has 28 heavy (non-hydrogen) atoms. The zero-order valence-electron chi connectivity index (χ0n) is 15.2. The Bertz CT molecular complexity index is 1020. The van der Waals surface area contributed by atoms with E-state index in [1.165, 1.54) is 8.52 Å². The molecule has 8 heteroatoms. The summed E-state index contributed by atoms with van der Waals surface area (Å²) in [6, 6.07) is 17.9. The van der Waals surface area contributed by atoms with Crippen LogP contribution < -0.4 is 15.9 Å². The highest BCUT2D eigenvalue weighted by atomic mass is 32.1. The van der Waals surface area contributed by atoms with E-state index in [1.54, 1.807) is 0 Å². The van der Waals surface area contributed by atoms with E-state index in [4.69, 9.17) is 0 Å². The molecule has 0 radical (unpaired) electrons. The molecule has 3 aromatic rings. The van der Waals surface area contributed by atoms with Crippen LogP contribution in [0.15, 0.2) is 70.3 Å². The molecule has 0 aliphatic rings. The van der Waals surface area contributed by atoms with Gasteiger partial charge in [-0.15, -0.1) is 0 Å². The van der Waals surface area contributed by atoms with Crippen LogP contribution in [0.2, 0.25) is 0 Å². The number of aliphatic carboxylic acids is 1. The van der Waals surface area contributed by atoms with Gasteiger partial charge in [-0.3, -0.25) is 9.59 Å². The van der Waals surface area contributed by atoms with Gasteiger partial charge in [-0.1, -0.05) is 60.7 Å². The summed E-state index contributed by atoms with van der Waals surface area (Å²) in [6.45, 7) is 0.731. The number of carboxylic acid groups (broad SMARTS) is 1. The molecule has 0 bridgehead atoms. The van der Waals surface area contributed by atoms with E-state index in [1.807, 2.05) is 60.7 Å². The van der Waals surface area contributed by atoms with E-state index in [2.05, 4.69) is 5.32 Å². The van der Waals surface area contributed by atoms with E-state index < -0.39 is 12.0 Å². The molecule has 2 N–H and O–H groups in total. The van der Waals surface area contributed by atoms with E-state index >= 15 is 0 Å². The van der Waals surface area contributed by atoms with Crippen LogP contribution in [0.4, 0.5) is 0 Å². The minimum absolute atomic E-state index is 0.223. The number of nitrogens with one attached hydrogen (secondary N) is 1. The SMILES string of the molecule is O=C(O)C(Cc1ccccc1)NCCn1sc(=O)n(Cc2ccccc2)c1=O. The second-order valence-electron chi connectivity index (χ2n) is 6.35. The monoisotopic (exact) mass is 399 g/mol. The second-order valence-corrected chi connectivity index (χ2v) is 7.32. The summed E-state index contributed by atoms with van der Waals surface area (Å²) >= 11 is 0.848. The fourth-order valence-electron chi connectivity index (χ4n) is 2.87. The number of nitrogens with zero attached hydrogens (tertiary/aromatic N) is 2. The second kappa shape index (κ2) is 9.29. The molecule has 0 aliphatic carbocycles. The first kappa shape index (κ1) is 19.8. The van der Waals surface area contributed by atoms with Crippen molar-refractivity contribution in [3.05, 3.63) is 91.9 Å². The lowest BCUT2D eigenvalue weighted by Crippen LogP contribution is -2.41. The summed E-state index contributed by atoms with van der Waals surface area (Å²) < 4.78 is 2.55. The maximum absolute atomic E-state index is 12.5. The van der Waals surface area contributed by atoms with Crippen LogP contribution in [0.5, 0.6) is 0 Å². The van der Waals surface area contributed by atoms with Gasteiger partial charge in [-0.2, -0.15) is 0 Å². The number of carbonyl (C=O) groups is 1. The minimum Gasteiger partial charge on any atom is -0.480 e. The van der Waals surface area contributed by atoms with Gasteiger partial charge in [0.2, 0.25) is 0 Å². The van der Waals surface area contributed by atoms with Crippen molar-refractivity contribution >= 4 is 17.5 Å². The Morgan fingerprint density at radius 2 is 1.61 bits per heavy atom. The van der Waals surface area contributed by atoms with Gasteiger partial charge >= 0.3 is 16.5 Å². The summed E-state index contributed by atoms with van der Waals surface area (Å²) in [5, 5.41) is 12.4. The fraction of sp³-hybridized carbons (Fsp3) is 0.250. The van der Waals surface area contributed by atoms with Gasteiger partial charge < -0.3 is 10.4 Å². The van der Waals surface area contributed by atoms with E-state index in [-0.39, 0.29) is 30.2 Å². The van der Waals surface area contributed by atoms with Crippen LogP contribution in [0.3, 0.4) is 0 Å². The number of benzene rings is 2. The first-order chi connectivity index (χ1) is 13.5. The third-order valence-electron chi connectivity index (χ3n) is 4.32. The largest absolute Gasteiger partial charge is 0.480 e. The Hall–Kier alpha value is -2.97. The molecule has 0 saturated heterocycles. The van der Waals surface area contributed by atoms with E-state index in [0.29, 0.717) is 6.42 Å². The molecule has 0 amide bonds. The Kier molecular flexibility index (Phi) is 6.57. The lowest BCUT2D eigenvalue weighted by atomic mass is 10.1. The molecule has 1 heterocycles. The Labute approximate surface area is 165 Å². The van der Waals surface area contributed by atoms with Gasteiger partial charge in [0, 0.05) is 18.1 Å². The molecule has 0 spiro atoms. The van der Waals surface area contributed by atoms with Crippen LogP contribution in [0.25, 0.3) is 0 Å². The Morgan fingerprint density at radius 3 is 2.21 bits per heavy atom. The molecule has 0 fully saturated rings. The number of rotatable bonds is 9. The highest BCUT2D eigenvalue weighted by Gasteiger charge is 2.17. The van der Waals surface area contributed by atoms with Gasteiger partial charge in [-0.05, 0) is 17.5 Å². The summed E-state index contributed by atoms with van der Waals surface area (Å²) in [7, 11) is 0. The van der Waals surface area contributed by atoms with Crippen LogP contribution in [0, 0.1) is 0 Å². The summed E-state index contributed by atoms with van der Waals surface area (Å²) in [5.74, 6) is -0.953. The molecule has 0 saturated carbocycles. The standard InChI is InChI=1S/C20H21N3O4S/c24-18(25)17(13-15-7-3-1-4-8-15)21-11-12-23-19(26)22(20(27)28-23)14-16-9-5-2-6-10-16/h1-10,17,21H,11-14H2,(H,24,25). The van der Waals surface area contributed by atoms with Crippen molar-refractivity contribution in [2.24, 2.45) is 0 Å². The molecule has 1 atom stereocenters. The Balaban J connectivity index is 1.62. The van der Waals surface area contributed by atoms with Crippen molar-refractivity contribution in [3.63, 3.8) is 0 Å². The van der Waals surface area contributed by atoms with Crippen molar-refractivity contribution in [3.8, 4) is 0 Å². The van der Waals surface area contributed by atoms with Crippen LogP contribution in [-0.4, -0.2) is 32.2 Å². The average molecular weight is 399 g/mol. The maximum Gasteiger partial charge on any atom is 0.341 e. The zero-order valence-corrected chi connectivity index (χ0v) is 16.0. The molecule has 146 valence electrons. The van der Waals surface area contributed by atoms with Crippen LogP contribution in [-0.2, 0) is 24.3 Å². The molecule has 7 nitrogen and oxygen atoms in total. The first-order valence-corrected chi connectivity index (χ1v) is 9.67. The van der Waals surface area contributed by atoms with E-state index in [9.17, 15) is 19.5 Å². The van der Waals surface area contributed by atoms with Gasteiger partial charge in [0.05, 0.1) is 13.1 Å². The van der Waals surface area contributed by atoms with Gasteiger partial charge in [-0.25, -0.2) is 13.3 Å². The third-order valence-corrected chi connectivity index (χ3v) is 5.26. The smallest absolute Gasteiger partial charge is 0.341 e. The van der Waals surface area contributed by atoms with Gasteiger partial charge in [0.15, 0.2) is 0 Å². The Morgan fingerprint density at radius 1 is 1.00 bits per heavy atom. The molecule has 0 aliphatic heterocycles. The highest BCUT2D eigenvalue weighted by molar-refractivity contribution is 7.03. The topological polar surface area (TPSA) is 93.3 Å². The van der Waals surface area contributed by atoms with Crippen molar-refractivity contribution in [1.29, 1.82) is 0 Å². The maximum atomic E-state index is 12.5. The predicted octanol–water partition coefficient (Wildman–Crippen LogP) is 1.41. The number of carboxylic acids is 1. The van der Waals surface area contributed by atoms with Crippen molar-refractivity contribution in [1.82, 2.24) is 13.8 Å². The lowest BCUT2D eigenvalue weighted by Gasteiger charge is -2.14. The lowest BCUT2D eigenvalue weighted by molar-refractivity contribution is -0.139. The molecule has 1 aromatic heterocycles. The zero-order chi connectivity index (χ0) is 19.9. The number of hydrogen-bond acceptors (Lipinski definition) is 5. The summed E-state index contributed by atoms with van der Waals surface area (Å²) in [4.78, 5) is 35.8. The number of aromatic nitrogens is 2. The van der Waals surface area contributed by atoms with Crippen molar-refractivity contribution in [2.75, 3.05) is 6.54 Å². The average Bonchev–Trinajstić information content (AvgIpc) is 2.96. The van der Waals surface area contributed by atoms with Gasteiger partial charge in [0.25, 0.3) is 0 Å². The molecule has 3 rings (SSSR count). The van der Waals surface area contributed by atoms with Crippen molar-refractivity contribution in [2.45, 2.75) is 25.6 Å². The van der Waals surface area contributed by atoms with Crippen molar-refractivity contribution < 1.29 is 9.90 Å². The molecular weight excluding hydrogens is 378 g/mol. The minimum atomic E-state index is -0.953. The molecule has 2 aromatic carbocycles. The molecule has 1 unspecified atom stereocenters.